The van der Waals surface area contributed by atoms with Gasteiger partial charge in [-0.3, -0.25) is 15.1 Å². The number of rotatable bonds is 3. The number of carbonyl (C=O) groups is 1. The van der Waals surface area contributed by atoms with Gasteiger partial charge in [-0.2, -0.15) is 13.2 Å². The maximum absolute atomic E-state index is 13.3. The lowest BCUT2D eigenvalue weighted by atomic mass is 10.0. The fourth-order valence-electron chi connectivity index (χ4n) is 2.61. The second-order valence-corrected chi connectivity index (χ2v) is 5.89. The second kappa shape index (κ2) is 7.70. The predicted molar refractivity (Wildman–Crippen MR) is 97.1 cm³/mol. The summed E-state index contributed by atoms with van der Waals surface area (Å²) in [6.07, 6.45) is -3.07. The highest BCUT2D eigenvalue weighted by atomic mass is 19.4. The lowest BCUT2D eigenvalue weighted by molar-refractivity contribution is -0.140. The van der Waals surface area contributed by atoms with E-state index in [1.54, 1.807) is 6.92 Å². The molecule has 150 valence electrons. The molecule has 11 heteroatoms. The number of amides is 1. The van der Waals surface area contributed by atoms with Crippen LogP contribution >= 0.6 is 0 Å². The van der Waals surface area contributed by atoms with E-state index in [4.69, 9.17) is 0 Å². The minimum atomic E-state index is -4.70. The number of H-pyrrole nitrogens is 1. The quantitative estimate of drug-likeness (QED) is 0.691. The number of nitrogens with zero attached hydrogens (tertiary/aromatic N) is 3. The molecule has 0 fully saturated rings. The molecule has 3 rings (SSSR count). The Morgan fingerprint density at radius 2 is 2.00 bits per heavy atom. The molecule has 0 bridgehead atoms. The Kier molecular flexibility index (Phi) is 5.31. The third kappa shape index (κ3) is 4.39. The zero-order chi connectivity index (χ0) is 21.2. The van der Waals surface area contributed by atoms with E-state index in [0.717, 1.165) is 6.20 Å². The molecule has 0 unspecified atom stereocenters. The summed E-state index contributed by atoms with van der Waals surface area (Å²) in [5, 5.41) is 2.29. The van der Waals surface area contributed by atoms with Crippen LogP contribution in [0.2, 0.25) is 0 Å². The van der Waals surface area contributed by atoms with Crippen LogP contribution in [0.3, 0.4) is 0 Å². The van der Waals surface area contributed by atoms with Gasteiger partial charge >= 0.3 is 12.3 Å². The molecular formula is C18H14F3N5O3. The molecule has 0 radical (unpaired) electrons. The van der Waals surface area contributed by atoms with E-state index >= 15 is 0 Å². The molecule has 1 amide bonds. The SMILES string of the molecule is COC(=O)Nc1ncc(C)c(-c2cc(-c3cccnc3C(F)(F)F)[nH]c(=O)c2)n1. The molecule has 3 aromatic rings. The number of aromatic amines is 1. The Bertz CT molecular complexity index is 1130. The van der Waals surface area contributed by atoms with Crippen LogP contribution in [0, 0.1) is 6.92 Å². The van der Waals surface area contributed by atoms with E-state index in [1.165, 1.54) is 37.6 Å². The van der Waals surface area contributed by atoms with Crippen molar-refractivity contribution in [1.82, 2.24) is 19.9 Å². The lowest BCUT2D eigenvalue weighted by Gasteiger charge is -2.13. The van der Waals surface area contributed by atoms with Crippen LogP contribution in [0.5, 0.6) is 0 Å². The average Bonchev–Trinajstić information content (AvgIpc) is 2.68. The van der Waals surface area contributed by atoms with E-state index in [0.29, 0.717) is 5.56 Å². The van der Waals surface area contributed by atoms with Gasteiger partial charge in [0.05, 0.1) is 18.5 Å². The highest BCUT2D eigenvalue weighted by molar-refractivity contribution is 5.82. The monoisotopic (exact) mass is 405 g/mol. The molecule has 3 heterocycles. The number of halogens is 3. The summed E-state index contributed by atoms with van der Waals surface area (Å²) < 4.78 is 44.4. The van der Waals surface area contributed by atoms with Gasteiger partial charge < -0.3 is 9.72 Å². The molecule has 0 saturated heterocycles. The van der Waals surface area contributed by atoms with Crippen LogP contribution < -0.4 is 10.9 Å². The van der Waals surface area contributed by atoms with E-state index in [9.17, 15) is 22.8 Å². The molecule has 0 aliphatic heterocycles. The molecule has 0 aliphatic rings. The van der Waals surface area contributed by atoms with E-state index in [2.05, 4.69) is 30.0 Å². The molecule has 0 aromatic carbocycles. The van der Waals surface area contributed by atoms with Crippen molar-refractivity contribution < 1.29 is 22.7 Å². The second-order valence-electron chi connectivity index (χ2n) is 5.89. The number of alkyl halides is 3. The summed E-state index contributed by atoms with van der Waals surface area (Å²) in [5.41, 5.74) is -1.06. The Hall–Kier alpha value is -3.76. The fraction of sp³-hybridized carbons (Fsp3) is 0.167. The van der Waals surface area contributed by atoms with Crippen LogP contribution in [0.1, 0.15) is 11.3 Å². The van der Waals surface area contributed by atoms with Crippen molar-refractivity contribution in [2.24, 2.45) is 0 Å². The van der Waals surface area contributed by atoms with Crippen molar-refractivity contribution in [3.63, 3.8) is 0 Å². The van der Waals surface area contributed by atoms with Gasteiger partial charge in [-0.1, -0.05) is 0 Å². The van der Waals surface area contributed by atoms with Crippen LogP contribution in [0.15, 0.2) is 41.5 Å². The minimum absolute atomic E-state index is 0.0755. The Morgan fingerprint density at radius 3 is 2.69 bits per heavy atom. The number of hydrogen-bond donors (Lipinski definition) is 2. The summed E-state index contributed by atoms with van der Waals surface area (Å²) in [5.74, 6) is -0.0864. The van der Waals surface area contributed by atoms with E-state index in [-0.39, 0.29) is 28.5 Å². The topological polar surface area (TPSA) is 110 Å². The summed E-state index contributed by atoms with van der Waals surface area (Å²) in [7, 11) is 1.17. The van der Waals surface area contributed by atoms with Crippen molar-refractivity contribution in [2.75, 3.05) is 12.4 Å². The number of hydrogen-bond acceptors (Lipinski definition) is 6. The summed E-state index contributed by atoms with van der Waals surface area (Å²) in [4.78, 5) is 37.4. The highest BCUT2D eigenvalue weighted by Gasteiger charge is 2.35. The maximum Gasteiger partial charge on any atom is 0.434 e. The first-order valence-electron chi connectivity index (χ1n) is 8.15. The van der Waals surface area contributed by atoms with Gasteiger partial charge in [-0.05, 0) is 30.7 Å². The maximum atomic E-state index is 13.3. The summed E-state index contributed by atoms with van der Waals surface area (Å²) in [6.45, 7) is 1.66. The molecule has 2 N–H and O–H groups in total. The number of methoxy groups -OCH3 is 1. The number of aromatic nitrogens is 4. The number of pyridine rings is 2. The highest BCUT2D eigenvalue weighted by Crippen LogP contribution is 2.35. The van der Waals surface area contributed by atoms with Gasteiger partial charge in [0.2, 0.25) is 11.5 Å². The molecule has 29 heavy (non-hydrogen) atoms. The zero-order valence-corrected chi connectivity index (χ0v) is 15.2. The van der Waals surface area contributed by atoms with Crippen molar-refractivity contribution in [3.05, 3.63) is 58.3 Å². The summed E-state index contributed by atoms with van der Waals surface area (Å²) in [6, 6.07) is 5.08. The van der Waals surface area contributed by atoms with Gasteiger partial charge in [0.15, 0.2) is 5.69 Å². The molecular weight excluding hydrogens is 391 g/mol. The summed E-state index contributed by atoms with van der Waals surface area (Å²) >= 11 is 0. The third-order valence-electron chi connectivity index (χ3n) is 3.86. The Labute approximate surface area is 161 Å². The zero-order valence-electron chi connectivity index (χ0n) is 15.2. The molecule has 0 atom stereocenters. The number of carbonyl (C=O) groups excluding carboxylic acids is 1. The first-order valence-corrected chi connectivity index (χ1v) is 8.15. The number of aryl methyl sites for hydroxylation is 1. The number of nitrogens with one attached hydrogen (secondary N) is 2. The Balaban J connectivity index is 2.14. The minimum Gasteiger partial charge on any atom is -0.453 e. The van der Waals surface area contributed by atoms with E-state index in [1.807, 2.05) is 0 Å². The molecule has 0 saturated carbocycles. The van der Waals surface area contributed by atoms with Crippen molar-refractivity contribution >= 4 is 12.0 Å². The normalized spacial score (nSPS) is 11.2. The number of anilines is 1. The fourth-order valence-corrected chi connectivity index (χ4v) is 2.61. The predicted octanol–water partition coefficient (Wildman–Crippen LogP) is 3.40. The van der Waals surface area contributed by atoms with Crippen molar-refractivity contribution in [3.8, 4) is 22.5 Å². The first kappa shape index (κ1) is 20.0. The molecule has 0 aliphatic carbocycles. The molecule has 0 spiro atoms. The first-order chi connectivity index (χ1) is 13.7. The van der Waals surface area contributed by atoms with Crippen molar-refractivity contribution in [1.29, 1.82) is 0 Å². The number of ether oxygens (including phenoxy) is 1. The standard InChI is InChI=1S/C18H14F3N5O3/c1-9-8-23-16(26-17(28)29-2)25-14(9)10-6-12(24-13(27)7-10)11-4-3-5-22-15(11)18(19,20)21/h3-8H,1-2H3,(H,24,27)(H,23,25,26,28). The van der Waals surface area contributed by atoms with Crippen LogP contribution in [0.25, 0.3) is 22.5 Å². The smallest absolute Gasteiger partial charge is 0.434 e. The average molecular weight is 405 g/mol. The van der Waals surface area contributed by atoms with Crippen molar-refractivity contribution in [2.45, 2.75) is 13.1 Å². The van der Waals surface area contributed by atoms with Crippen LogP contribution in [-0.4, -0.2) is 33.1 Å². The van der Waals surface area contributed by atoms with Gasteiger partial charge in [0.1, 0.15) is 0 Å². The van der Waals surface area contributed by atoms with Gasteiger partial charge in [0.25, 0.3) is 0 Å². The van der Waals surface area contributed by atoms with E-state index < -0.39 is 23.5 Å². The Morgan fingerprint density at radius 1 is 1.24 bits per heavy atom. The van der Waals surface area contributed by atoms with Crippen LogP contribution in [0.4, 0.5) is 23.9 Å². The van der Waals surface area contributed by atoms with Crippen LogP contribution in [-0.2, 0) is 10.9 Å². The third-order valence-corrected chi connectivity index (χ3v) is 3.86. The van der Waals surface area contributed by atoms with Gasteiger partial charge in [-0.25, -0.2) is 14.8 Å². The molecule has 8 nitrogen and oxygen atoms in total. The lowest BCUT2D eigenvalue weighted by Crippen LogP contribution is -2.14. The molecule has 3 aromatic heterocycles. The van der Waals surface area contributed by atoms with Gasteiger partial charge in [0, 0.05) is 29.6 Å². The largest absolute Gasteiger partial charge is 0.453 e. The van der Waals surface area contributed by atoms with Gasteiger partial charge in [-0.15, -0.1) is 0 Å².